The van der Waals surface area contributed by atoms with Gasteiger partial charge < -0.3 is 4.90 Å². The molecule has 1 aromatic carbocycles. The number of aromatic nitrogens is 1. The van der Waals surface area contributed by atoms with Crippen LogP contribution in [0, 0.1) is 0 Å². The van der Waals surface area contributed by atoms with Crippen LogP contribution in [-0.2, 0) is 12.8 Å². The van der Waals surface area contributed by atoms with Crippen LogP contribution >= 0.6 is 11.6 Å². The molecule has 3 nitrogen and oxygen atoms in total. The summed E-state index contributed by atoms with van der Waals surface area (Å²) in [7, 11) is 0. The molecule has 0 aliphatic carbocycles. The van der Waals surface area contributed by atoms with Crippen molar-refractivity contribution < 1.29 is 4.79 Å². The van der Waals surface area contributed by atoms with E-state index in [1.165, 1.54) is 11.1 Å². The van der Waals surface area contributed by atoms with Gasteiger partial charge in [-0.25, -0.2) is 0 Å². The van der Waals surface area contributed by atoms with Gasteiger partial charge in [-0.05, 0) is 35.7 Å². The zero-order chi connectivity index (χ0) is 13.7. The molecule has 0 saturated carbocycles. The molecule has 2 aromatic rings. The van der Waals surface area contributed by atoms with Crippen molar-refractivity contribution in [2.24, 2.45) is 0 Å². The standard InChI is InChI=1S/C16H13ClN2O/c17-13-5-1-3-11-10(13)6-8-19-15(11)9-14-12(16(19)20)4-2-7-18-14/h1-5,7,15H,6,8-9H2. The Balaban J connectivity index is 1.86. The number of carbonyl (C=O) groups excluding carboxylic acids is 1. The number of fused-ring (bicyclic) bond motifs is 4. The van der Waals surface area contributed by atoms with Crippen molar-refractivity contribution in [1.82, 2.24) is 9.88 Å². The molecule has 4 rings (SSSR count). The first-order chi connectivity index (χ1) is 9.75. The first-order valence-corrected chi connectivity index (χ1v) is 7.15. The number of hydrogen-bond acceptors (Lipinski definition) is 2. The fourth-order valence-electron chi connectivity index (χ4n) is 3.30. The van der Waals surface area contributed by atoms with Crippen molar-refractivity contribution in [2.75, 3.05) is 6.54 Å². The van der Waals surface area contributed by atoms with Crippen LogP contribution in [0.25, 0.3) is 0 Å². The second-order valence-electron chi connectivity index (χ2n) is 5.27. The Morgan fingerprint density at radius 2 is 2.15 bits per heavy atom. The van der Waals surface area contributed by atoms with Gasteiger partial charge in [0.25, 0.3) is 5.91 Å². The molecule has 1 unspecified atom stereocenters. The molecule has 1 amide bonds. The number of carbonyl (C=O) groups is 1. The average molecular weight is 285 g/mol. The number of benzene rings is 1. The van der Waals surface area contributed by atoms with E-state index in [1.807, 2.05) is 29.2 Å². The number of halogens is 1. The smallest absolute Gasteiger partial charge is 0.256 e. The van der Waals surface area contributed by atoms with Gasteiger partial charge in [0.1, 0.15) is 0 Å². The van der Waals surface area contributed by atoms with Gasteiger partial charge in [-0.1, -0.05) is 23.7 Å². The van der Waals surface area contributed by atoms with Gasteiger partial charge in [-0.2, -0.15) is 0 Å². The third-order valence-electron chi connectivity index (χ3n) is 4.26. The van der Waals surface area contributed by atoms with E-state index in [9.17, 15) is 4.79 Å². The molecule has 20 heavy (non-hydrogen) atoms. The summed E-state index contributed by atoms with van der Waals surface area (Å²) in [6.45, 7) is 0.731. The monoisotopic (exact) mass is 284 g/mol. The fraction of sp³-hybridized carbons (Fsp3) is 0.250. The maximum absolute atomic E-state index is 12.6. The molecule has 100 valence electrons. The second-order valence-corrected chi connectivity index (χ2v) is 5.68. The number of rotatable bonds is 0. The maximum Gasteiger partial charge on any atom is 0.256 e. The van der Waals surface area contributed by atoms with E-state index in [1.54, 1.807) is 6.20 Å². The molecule has 0 fully saturated rings. The molecule has 0 saturated heterocycles. The molecule has 3 heterocycles. The minimum Gasteiger partial charge on any atom is -0.331 e. The van der Waals surface area contributed by atoms with E-state index < -0.39 is 0 Å². The third kappa shape index (κ3) is 1.59. The molecule has 0 N–H and O–H groups in total. The van der Waals surface area contributed by atoms with Crippen molar-refractivity contribution in [3.8, 4) is 0 Å². The second kappa shape index (κ2) is 4.32. The quantitative estimate of drug-likeness (QED) is 0.745. The van der Waals surface area contributed by atoms with Crippen LogP contribution in [0.4, 0.5) is 0 Å². The molecule has 1 atom stereocenters. The molecule has 0 bridgehead atoms. The van der Waals surface area contributed by atoms with Gasteiger partial charge in [0.05, 0.1) is 17.3 Å². The SMILES string of the molecule is O=C1c2cccnc2CC2c3cccc(Cl)c3CCN12. The molecule has 0 spiro atoms. The zero-order valence-electron chi connectivity index (χ0n) is 10.8. The Kier molecular flexibility index (Phi) is 2.57. The van der Waals surface area contributed by atoms with Crippen LogP contribution in [0.5, 0.6) is 0 Å². The number of pyridine rings is 1. The average Bonchev–Trinajstić information content (AvgIpc) is 2.48. The number of amides is 1. The highest BCUT2D eigenvalue weighted by Gasteiger charge is 2.37. The van der Waals surface area contributed by atoms with Crippen LogP contribution in [0.15, 0.2) is 36.5 Å². The highest BCUT2D eigenvalue weighted by atomic mass is 35.5. The zero-order valence-corrected chi connectivity index (χ0v) is 11.6. The van der Waals surface area contributed by atoms with Crippen LogP contribution in [0.1, 0.15) is 33.2 Å². The normalized spacial score (nSPS) is 20.1. The summed E-state index contributed by atoms with van der Waals surface area (Å²) in [5.41, 5.74) is 4.00. The summed E-state index contributed by atoms with van der Waals surface area (Å²) in [5.74, 6) is 0.0926. The van der Waals surface area contributed by atoms with Gasteiger partial charge >= 0.3 is 0 Å². The fourth-order valence-corrected chi connectivity index (χ4v) is 3.58. The first-order valence-electron chi connectivity index (χ1n) is 6.78. The van der Waals surface area contributed by atoms with E-state index >= 15 is 0 Å². The molecule has 2 aliphatic rings. The van der Waals surface area contributed by atoms with E-state index in [0.717, 1.165) is 35.7 Å². The van der Waals surface area contributed by atoms with Crippen LogP contribution in [0.3, 0.4) is 0 Å². The topological polar surface area (TPSA) is 33.2 Å². The lowest BCUT2D eigenvalue weighted by Crippen LogP contribution is -2.44. The van der Waals surface area contributed by atoms with Crippen molar-refractivity contribution in [3.63, 3.8) is 0 Å². The Morgan fingerprint density at radius 3 is 3.05 bits per heavy atom. The molecular formula is C16H13ClN2O. The van der Waals surface area contributed by atoms with Crippen LogP contribution < -0.4 is 0 Å². The number of nitrogens with zero attached hydrogens (tertiary/aromatic N) is 2. The van der Waals surface area contributed by atoms with Gasteiger partial charge in [-0.15, -0.1) is 0 Å². The van der Waals surface area contributed by atoms with Gasteiger partial charge in [0.15, 0.2) is 0 Å². The van der Waals surface area contributed by atoms with Gasteiger partial charge in [0, 0.05) is 24.2 Å². The summed E-state index contributed by atoms with van der Waals surface area (Å²) in [6, 6.07) is 9.74. The summed E-state index contributed by atoms with van der Waals surface area (Å²) < 4.78 is 0. The van der Waals surface area contributed by atoms with Crippen molar-refractivity contribution in [3.05, 3.63) is 63.9 Å². The predicted molar refractivity (Wildman–Crippen MR) is 76.9 cm³/mol. The Labute approximate surface area is 122 Å². The highest BCUT2D eigenvalue weighted by molar-refractivity contribution is 6.31. The first kappa shape index (κ1) is 11.9. The summed E-state index contributed by atoms with van der Waals surface area (Å²) in [6.07, 6.45) is 3.35. The predicted octanol–water partition coefficient (Wildman–Crippen LogP) is 3.03. The van der Waals surface area contributed by atoms with Crippen molar-refractivity contribution in [2.45, 2.75) is 18.9 Å². The lowest BCUT2D eigenvalue weighted by molar-refractivity contribution is 0.0629. The van der Waals surface area contributed by atoms with Crippen molar-refractivity contribution >= 4 is 17.5 Å². The summed E-state index contributed by atoms with van der Waals surface area (Å²) in [5, 5.41) is 0.807. The Morgan fingerprint density at radius 1 is 1.25 bits per heavy atom. The molecular weight excluding hydrogens is 272 g/mol. The van der Waals surface area contributed by atoms with Gasteiger partial charge in [-0.3, -0.25) is 9.78 Å². The van der Waals surface area contributed by atoms with E-state index in [-0.39, 0.29) is 11.9 Å². The van der Waals surface area contributed by atoms with E-state index in [4.69, 9.17) is 11.6 Å². The Bertz CT molecular complexity index is 713. The minimum atomic E-state index is 0.0762. The lowest BCUT2D eigenvalue weighted by Gasteiger charge is -2.41. The highest BCUT2D eigenvalue weighted by Crippen LogP contribution is 2.39. The third-order valence-corrected chi connectivity index (χ3v) is 4.62. The maximum atomic E-state index is 12.6. The largest absolute Gasteiger partial charge is 0.331 e. The molecule has 4 heteroatoms. The summed E-state index contributed by atoms with van der Waals surface area (Å²) >= 11 is 6.29. The molecule has 2 aliphatic heterocycles. The van der Waals surface area contributed by atoms with Crippen LogP contribution in [0.2, 0.25) is 5.02 Å². The van der Waals surface area contributed by atoms with E-state index in [2.05, 4.69) is 11.1 Å². The van der Waals surface area contributed by atoms with E-state index in [0.29, 0.717) is 0 Å². The molecule has 0 radical (unpaired) electrons. The van der Waals surface area contributed by atoms with Crippen LogP contribution in [-0.4, -0.2) is 22.3 Å². The summed E-state index contributed by atoms with van der Waals surface area (Å²) in [4.78, 5) is 18.9. The van der Waals surface area contributed by atoms with Crippen molar-refractivity contribution in [1.29, 1.82) is 0 Å². The minimum absolute atomic E-state index is 0.0762. The lowest BCUT2D eigenvalue weighted by atomic mass is 9.85. The Hall–Kier alpha value is -1.87. The van der Waals surface area contributed by atoms with Gasteiger partial charge in [0.2, 0.25) is 0 Å². The molecule has 1 aromatic heterocycles. The number of hydrogen-bond donors (Lipinski definition) is 0.